The van der Waals surface area contributed by atoms with Crippen LogP contribution >= 0.6 is 0 Å². The van der Waals surface area contributed by atoms with E-state index in [-0.39, 0.29) is 0 Å². The summed E-state index contributed by atoms with van der Waals surface area (Å²) in [6.07, 6.45) is 4.34. The molecule has 1 radical (unpaired) electrons. The maximum Gasteiger partial charge on any atom is 0.00890 e. The monoisotopic (exact) mass is 137 g/mol. The van der Waals surface area contributed by atoms with E-state index in [9.17, 15) is 0 Å². The minimum absolute atomic E-state index is 0.752. The van der Waals surface area contributed by atoms with Gasteiger partial charge in [-0.25, -0.2) is 0 Å². The summed E-state index contributed by atoms with van der Waals surface area (Å²) in [4.78, 5) is 0. The molecule has 10 heavy (non-hydrogen) atoms. The highest BCUT2D eigenvalue weighted by Gasteiger charge is 1.90. The van der Waals surface area contributed by atoms with Gasteiger partial charge in [0.2, 0.25) is 0 Å². The second-order valence-corrected chi connectivity index (χ2v) is 2.89. The van der Waals surface area contributed by atoms with Gasteiger partial charge in [-0.2, -0.15) is 0 Å². The highest BCUT2D eigenvalue weighted by Crippen LogP contribution is 2.04. The lowest BCUT2D eigenvalue weighted by molar-refractivity contribution is 0.562. The number of hydrogen-bond donors (Lipinski definition) is 0. The van der Waals surface area contributed by atoms with Crippen LogP contribution in [0.1, 0.15) is 39.5 Å². The van der Waals surface area contributed by atoms with E-state index in [1.165, 1.54) is 12.8 Å². The van der Waals surface area contributed by atoms with E-state index in [0.717, 1.165) is 18.8 Å². The molecule has 0 unspecified atom stereocenters. The Morgan fingerprint density at radius 1 is 1.30 bits per heavy atom. The second kappa shape index (κ2) is 6.68. The van der Waals surface area contributed by atoms with Gasteiger partial charge in [0, 0.05) is 12.8 Å². The molecular formula is C10H17. The Labute approximate surface area is 65.0 Å². The summed E-state index contributed by atoms with van der Waals surface area (Å²) in [7, 11) is 0. The van der Waals surface area contributed by atoms with Gasteiger partial charge in [-0.1, -0.05) is 20.3 Å². The average molecular weight is 137 g/mol. The molecule has 0 aromatic rings. The second-order valence-electron chi connectivity index (χ2n) is 2.89. The summed E-state index contributed by atoms with van der Waals surface area (Å²) < 4.78 is 0. The van der Waals surface area contributed by atoms with Crippen molar-refractivity contribution in [3.8, 4) is 11.8 Å². The number of rotatable bonds is 3. The molecule has 0 aliphatic rings. The van der Waals surface area contributed by atoms with Crippen molar-refractivity contribution >= 4 is 0 Å². The quantitative estimate of drug-likeness (QED) is 0.414. The van der Waals surface area contributed by atoms with Gasteiger partial charge in [0.25, 0.3) is 0 Å². The van der Waals surface area contributed by atoms with Crippen LogP contribution in [0.2, 0.25) is 0 Å². The van der Waals surface area contributed by atoms with E-state index in [2.05, 4.69) is 32.6 Å². The van der Waals surface area contributed by atoms with Crippen LogP contribution in [0.15, 0.2) is 0 Å². The molecule has 0 heterocycles. The molecule has 0 fully saturated rings. The molecule has 0 spiro atoms. The summed E-state index contributed by atoms with van der Waals surface area (Å²) in [5.74, 6) is 6.86. The predicted octanol–water partition coefficient (Wildman–Crippen LogP) is 3.04. The summed E-state index contributed by atoms with van der Waals surface area (Å²) in [5, 5.41) is 0. The van der Waals surface area contributed by atoms with Crippen LogP contribution in [-0.2, 0) is 0 Å². The zero-order chi connectivity index (χ0) is 7.82. The lowest BCUT2D eigenvalue weighted by atomic mass is 10.1. The molecular weight excluding hydrogens is 120 g/mol. The molecule has 0 bridgehead atoms. The maximum absolute atomic E-state index is 3.64. The zero-order valence-corrected chi connectivity index (χ0v) is 7.11. The minimum atomic E-state index is 0.752. The SMILES string of the molecule is [CH2]CC#CCCCC(C)C. The molecule has 0 aliphatic heterocycles. The summed E-state index contributed by atoms with van der Waals surface area (Å²) >= 11 is 0. The molecule has 0 amide bonds. The largest absolute Gasteiger partial charge is 0.103 e. The fourth-order valence-corrected chi connectivity index (χ4v) is 0.775. The predicted molar refractivity (Wildman–Crippen MR) is 46.4 cm³/mol. The van der Waals surface area contributed by atoms with E-state index >= 15 is 0 Å². The molecule has 0 aromatic carbocycles. The Balaban J connectivity index is 3.05. The van der Waals surface area contributed by atoms with E-state index < -0.39 is 0 Å². The van der Waals surface area contributed by atoms with Crippen molar-refractivity contribution in [2.75, 3.05) is 0 Å². The highest BCUT2D eigenvalue weighted by atomic mass is 14.0. The van der Waals surface area contributed by atoms with Crippen LogP contribution in [-0.4, -0.2) is 0 Å². The van der Waals surface area contributed by atoms with Gasteiger partial charge in [-0.15, -0.1) is 11.8 Å². The van der Waals surface area contributed by atoms with E-state index in [1.807, 2.05) is 0 Å². The first kappa shape index (κ1) is 9.56. The Morgan fingerprint density at radius 3 is 2.50 bits per heavy atom. The number of hydrogen-bond acceptors (Lipinski definition) is 0. The Bertz CT molecular complexity index is 112. The van der Waals surface area contributed by atoms with Gasteiger partial charge < -0.3 is 0 Å². The van der Waals surface area contributed by atoms with E-state index in [4.69, 9.17) is 0 Å². The molecule has 0 aromatic heterocycles. The van der Waals surface area contributed by atoms with E-state index in [0.29, 0.717) is 0 Å². The molecule has 57 valence electrons. The van der Waals surface area contributed by atoms with Crippen molar-refractivity contribution in [1.29, 1.82) is 0 Å². The van der Waals surface area contributed by atoms with Gasteiger partial charge in [-0.05, 0) is 19.3 Å². The number of unbranched alkanes of at least 4 members (excludes halogenated alkanes) is 1. The van der Waals surface area contributed by atoms with Crippen LogP contribution in [0, 0.1) is 24.7 Å². The lowest BCUT2D eigenvalue weighted by Gasteiger charge is -1.98. The highest BCUT2D eigenvalue weighted by molar-refractivity contribution is 4.98. The Morgan fingerprint density at radius 2 is 2.00 bits per heavy atom. The third-order valence-electron chi connectivity index (χ3n) is 1.33. The molecule has 0 saturated heterocycles. The standard InChI is InChI=1S/C10H17/c1-4-5-6-7-8-9-10(2)3/h10H,1,4,7-9H2,2-3H3. The van der Waals surface area contributed by atoms with Crippen LogP contribution in [0.25, 0.3) is 0 Å². The van der Waals surface area contributed by atoms with Gasteiger partial charge in [0.1, 0.15) is 0 Å². The van der Waals surface area contributed by atoms with Gasteiger partial charge in [0.15, 0.2) is 0 Å². The van der Waals surface area contributed by atoms with Crippen molar-refractivity contribution in [3.05, 3.63) is 6.92 Å². The summed E-state index contributed by atoms with van der Waals surface area (Å²) in [6.45, 7) is 8.13. The van der Waals surface area contributed by atoms with Gasteiger partial charge in [-0.3, -0.25) is 0 Å². The fraction of sp³-hybridized carbons (Fsp3) is 0.700. The molecule has 0 saturated carbocycles. The summed E-state index contributed by atoms with van der Waals surface area (Å²) in [6, 6.07) is 0. The first-order chi connectivity index (χ1) is 4.77. The molecule has 0 N–H and O–H groups in total. The maximum atomic E-state index is 3.64. The third kappa shape index (κ3) is 7.56. The van der Waals surface area contributed by atoms with Crippen molar-refractivity contribution in [2.45, 2.75) is 39.5 Å². The Hall–Kier alpha value is -0.440. The van der Waals surface area contributed by atoms with Crippen LogP contribution in [0.4, 0.5) is 0 Å². The van der Waals surface area contributed by atoms with Gasteiger partial charge >= 0.3 is 0 Å². The molecule has 0 heteroatoms. The molecule has 0 aliphatic carbocycles. The zero-order valence-electron chi connectivity index (χ0n) is 7.11. The third-order valence-corrected chi connectivity index (χ3v) is 1.33. The molecule has 0 nitrogen and oxygen atoms in total. The van der Waals surface area contributed by atoms with Crippen molar-refractivity contribution in [2.24, 2.45) is 5.92 Å². The topological polar surface area (TPSA) is 0 Å². The Kier molecular flexibility index (Phi) is 6.38. The minimum Gasteiger partial charge on any atom is -0.103 e. The lowest BCUT2D eigenvalue weighted by Crippen LogP contribution is -1.84. The van der Waals surface area contributed by atoms with Crippen LogP contribution < -0.4 is 0 Å². The van der Waals surface area contributed by atoms with E-state index in [1.54, 1.807) is 0 Å². The first-order valence-corrected chi connectivity index (χ1v) is 4.02. The fourth-order valence-electron chi connectivity index (χ4n) is 0.775. The van der Waals surface area contributed by atoms with Crippen molar-refractivity contribution in [3.63, 3.8) is 0 Å². The first-order valence-electron chi connectivity index (χ1n) is 4.02. The van der Waals surface area contributed by atoms with Crippen LogP contribution in [0.3, 0.4) is 0 Å². The summed E-state index contributed by atoms with van der Waals surface area (Å²) in [5.41, 5.74) is 0. The van der Waals surface area contributed by atoms with Crippen molar-refractivity contribution < 1.29 is 0 Å². The van der Waals surface area contributed by atoms with Crippen molar-refractivity contribution in [1.82, 2.24) is 0 Å². The van der Waals surface area contributed by atoms with Gasteiger partial charge in [0.05, 0.1) is 0 Å². The smallest absolute Gasteiger partial charge is 0.00890 e. The van der Waals surface area contributed by atoms with Crippen LogP contribution in [0.5, 0.6) is 0 Å². The molecule has 0 rings (SSSR count). The average Bonchev–Trinajstić information content (AvgIpc) is 1.87. The normalized spacial score (nSPS) is 9.20. The molecule has 0 atom stereocenters.